The van der Waals surface area contributed by atoms with Gasteiger partial charge in [0.05, 0.1) is 13.2 Å². The highest BCUT2D eigenvalue weighted by atomic mass is 16.6. The van der Waals surface area contributed by atoms with Gasteiger partial charge < -0.3 is 19.5 Å². The Hall–Kier alpha value is -2.15. The fourth-order valence-corrected chi connectivity index (χ4v) is 1.05. The molecule has 7 nitrogen and oxygen atoms in total. The van der Waals surface area contributed by atoms with Gasteiger partial charge in [0.25, 0.3) is 0 Å². The molecule has 0 spiro atoms. The van der Waals surface area contributed by atoms with Crippen molar-refractivity contribution < 1.29 is 28.6 Å². The molecule has 0 aliphatic carbocycles. The second kappa shape index (κ2) is 11.7. The van der Waals surface area contributed by atoms with Crippen molar-refractivity contribution in [1.29, 1.82) is 0 Å². The summed E-state index contributed by atoms with van der Waals surface area (Å²) in [6.45, 7) is 9.14. The molecule has 118 valence electrons. The molecule has 0 atom stereocenters. The number of amides is 1. The van der Waals surface area contributed by atoms with Crippen molar-refractivity contribution in [3.63, 3.8) is 0 Å². The number of carbonyl (C=O) groups excluding carboxylic acids is 3. The Labute approximate surface area is 123 Å². The minimum Gasteiger partial charge on any atom is -0.460 e. The maximum absolute atomic E-state index is 11.2. The van der Waals surface area contributed by atoms with E-state index in [2.05, 4.69) is 23.2 Å². The lowest BCUT2D eigenvalue weighted by Crippen LogP contribution is -2.30. The van der Waals surface area contributed by atoms with Crippen LogP contribution in [0.1, 0.15) is 19.8 Å². The van der Waals surface area contributed by atoms with Crippen molar-refractivity contribution in [3.8, 4) is 0 Å². The quantitative estimate of drug-likeness (QED) is 0.215. The molecule has 7 heteroatoms. The molecule has 0 heterocycles. The topological polar surface area (TPSA) is 90.9 Å². The minimum atomic E-state index is -0.818. The van der Waals surface area contributed by atoms with Crippen molar-refractivity contribution >= 4 is 18.0 Å². The van der Waals surface area contributed by atoms with Crippen molar-refractivity contribution in [3.05, 3.63) is 24.8 Å². The summed E-state index contributed by atoms with van der Waals surface area (Å²) < 4.78 is 14.4. The Bertz CT molecular complexity index is 391. The molecule has 0 aromatic heterocycles. The van der Waals surface area contributed by atoms with Crippen molar-refractivity contribution in [1.82, 2.24) is 5.32 Å². The van der Waals surface area contributed by atoms with Crippen LogP contribution < -0.4 is 5.32 Å². The third-order valence-electron chi connectivity index (χ3n) is 2.08. The van der Waals surface area contributed by atoms with E-state index < -0.39 is 18.0 Å². The standard InChI is InChI=1S/C14H21NO6/c1-4-5-6-12(16)21-14(18)15-7-8-19-9-10-20-13(17)11(2)3/h4H,1-2,5-10H2,3H3,(H,15,18). The Morgan fingerprint density at radius 2 is 1.90 bits per heavy atom. The number of esters is 2. The molecule has 0 saturated heterocycles. The summed E-state index contributed by atoms with van der Waals surface area (Å²) in [6, 6.07) is 0. The van der Waals surface area contributed by atoms with E-state index in [9.17, 15) is 14.4 Å². The monoisotopic (exact) mass is 299 g/mol. The van der Waals surface area contributed by atoms with Gasteiger partial charge in [0.1, 0.15) is 6.61 Å². The lowest BCUT2D eigenvalue weighted by Gasteiger charge is -2.07. The summed E-state index contributed by atoms with van der Waals surface area (Å²) in [4.78, 5) is 33.3. The number of rotatable bonds is 10. The lowest BCUT2D eigenvalue weighted by molar-refractivity contribution is -0.140. The van der Waals surface area contributed by atoms with Crippen LogP contribution in [0.25, 0.3) is 0 Å². The van der Waals surface area contributed by atoms with E-state index in [1.54, 1.807) is 13.0 Å². The number of carbonyl (C=O) groups is 3. The summed E-state index contributed by atoms with van der Waals surface area (Å²) in [5.74, 6) is -1.08. The van der Waals surface area contributed by atoms with Gasteiger partial charge in [0, 0.05) is 18.5 Å². The highest BCUT2D eigenvalue weighted by molar-refractivity contribution is 5.86. The van der Waals surface area contributed by atoms with Crippen LogP contribution in [0, 0.1) is 0 Å². The zero-order chi connectivity index (χ0) is 16.1. The Morgan fingerprint density at radius 1 is 1.19 bits per heavy atom. The molecule has 0 aromatic carbocycles. The molecule has 0 aromatic rings. The first-order chi connectivity index (χ1) is 9.97. The number of ether oxygens (including phenoxy) is 3. The van der Waals surface area contributed by atoms with E-state index in [-0.39, 0.29) is 32.8 Å². The second-order valence-electron chi connectivity index (χ2n) is 4.04. The SMILES string of the molecule is C=CCCC(=O)OC(=O)NCCOCCOC(=O)C(=C)C. The first-order valence-corrected chi connectivity index (χ1v) is 6.47. The highest BCUT2D eigenvalue weighted by Gasteiger charge is 2.08. The first kappa shape index (κ1) is 18.9. The predicted octanol–water partition coefficient (Wildman–Crippen LogP) is 1.34. The third-order valence-corrected chi connectivity index (χ3v) is 2.08. The number of alkyl carbamates (subject to hydrolysis) is 1. The number of nitrogens with one attached hydrogen (secondary N) is 1. The number of allylic oxidation sites excluding steroid dienone is 1. The smallest absolute Gasteiger partial charge is 0.414 e. The summed E-state index contributed by atoms with van der Waals surface area (Å²) in [7, 11) is 0. The molecule has 0 radical (unpaired) electrons. The van der Waals surface area contributed by atoms with E-state index in [0.29, 0.717) is 12.0 Å². The van der Waals surface area contributed by atoms with Crippen LogP contribution in [-0.4, -0.2) is 44.4 Å². The highest BCUT2D eigenvalue weighted by Crippen LogP contribution is 1.93. The van der Waals surface area contributed by atoms with Gasteiger partial charge in [0.2, 0.25) is 0 Å². The zero-order valence-corrected chi connectivity index (χ0v) is 12.2. The molecule has 0 unspecified atom stereocenters. The van der Waals surface area contributed by atoms with Crippen molar-refractivity contribution in [2.24, 2.45) is 0 Å². The molecular formula is C14H21NO6. The molecule has 0 rings (SSSR count). The summed E-state index contributed by atoms with van der Waals surface area (Å²) >= 11 is 0. The van der Waals surface area contributed by atoms with E-state index in [1.165, 1.54) is 0 Å². The summed E-state index contributed by atoms with van der Waals surface area (Å²) in [6.07, 6.45) is 1.31. The van der Waals surface area contributed by atoms with Gasteiger partial charge in [-0.2, -0.15) is 0 Å². The molecule has 21 heavy (non-hydrogen) atoms. The lowest BCUT2D eigenvalue weighted by atomic mass is 10.3. The number of hydrogen-bond donors (Lipinski definition) is 1. The van der Waals surface area contributed by atoms with Gasteiger partial charge in [-0.3, -0.25) is 4.79 Å². The van der Waals surface area contributed by atoms with Crippen LogP contribution in [0.3, 0.4) is 0 Å². The Morgan fingerprint density at radius 3 is 2.52 bits per heavy atom. The molecule has 0 aliphatic heterocycles. The minimum absolute atomic E-state index is 0.107. The maximum Gasteiger partial charge on any atom is 0.414 e. The predicted molar refractivity (Wildman–Crippen MR) is 75.5 cm³/mol. The van der Waals surface area contributed by atoms with Crippen LogP contribution in [-0.2, 0) is 23.8 Å². The van der Waals surface area contributed by atoms with Crippen molar-refractivity contribution in [2.75, 3.05) is 26.4 Å². The van der Waals surface area contributed by atoms with E-state index >= 15 is 0 Å². The van der Waals surface area contributed by atoms with Crippen LogP contribution >= 0.6 is 0 Å². The molecule has 0 saturated carbocycles. The first-order valence-electron chi connectivity index (χ1n) is 6.47. The van der Waals surface area contributed by atoms with Gasteiger partial charge in [-0.25, -0.2) is 9.59 Å². The number of hydrogen-bond acceptors (Lipinski definition) is 6. The van der Waals surface area contributed by atoms with E-state index in [0.717, 1.165) is 0 Å². The van der Waals surface area contributed by atoms with Gasteiger partial charge in [-0.05, 0) is 13.3 Å². The average Bonchev–Trinajstić information content (AvgIpc) is 2.43. The van der Waals surface area contributed by atoms with E-state index in [4.69, 9.17) is 9.47 Å². The summed E-state index contributed by atoms with van der Waals surface area (Å²) in [5, 5.41) is 2.35. The zero-order valence-electron chi connectivity index (χ0n) is 12.2. The molecule has 1 amide bonds. The molecule has 1 N–H and O–H groups in total. The molecule has 0 aliphatic rings. The van der Waals surface area contributed by atoms with Crippen LogP contribution in [0.15, 0.2) is 24.8 Å². The third kappa shape index (κ3) is 11.4. The maximum atomic E-state index is 11.2. The molecule has 0 bridgehead atoms. The normalized spacial score (nSPS) is 9.57. The van der Waals surface area contributed by atoms with Gasteiger partial charge in [-0.15, -0.1) is 6.58 Å². The van der Waals surface area contributed by atoms with Crippen LogP contribution in [0.2, 0.25) is 0 Å². The van der Waals surface area contributed by atoms with Crippen molar-refractivity contribution in [2.45, 2.75) is 19.8 Å². The van der Waals surface area contributed by atoms with Crippen LogP contribution in [0.5, 0.6) is 0 Å². The van der Waals surface area contributed by atoms with Gasteiger partial charge in [0.15, 0.2) is 0 Å². The van der Waals surface area contributed by atoms with Gasteiger partial charge in [-0.1, -0.05) is 12.7 Å². The molecular weight excluding hydrogens is 278 g/mol. The fourth-order valence-electron chi connectivity index (χ4n) is 1.05. The Balaban J connectivity index is 3.48. The largest absolute Gasteiger partial charge is 0.460 e. The second-order valence-corrected chi connectivity index (χ2v) is 4.04. The summed E-state index contributed by atoms with van der Waals surface area (Å²) in [5.41, 5.74) is 0.320. The Kier molecular flexibility index (Phi) is 10.5. The molecule has 0 fully saturated rings. The van der Waals surface area contributed by atoms with Crippen LogP contribution in [0.4, 0.5) is 4.79 Å². The average molecular weight is 299 g/mol. The van der Waals surface area contributed by atoms with E-state index in [1.807, 2.05) is 0 Å². The van der Waals surface area contributed by atoms with Gasteiger partial charge >= 0.3 is 18.0 Å². The fraction of sp³-hybridized carbons (Fsp3) is 0.500.